The number of rotatable bonds is 5. The number of hydrogen-bond donors (Lipinski definition) is 0. The molecule has 4 nitrogen and oxygen atoms in total. The molecule has 0 N–H and O–H groups in total. The van der Waals surface area contributed by atoms with Crippen molar-refractivity contribution >= 4 is 5.69 Å². The fourth-order valence-electron chi connectivity index (χ4n) is 2.81. The highest BCUT2D eigenvalue weighted by Gasteiger charge is 2.35. The van der Waals surface area contributed by atoms with Gasteiger partial charge in [0.2, 0.25) is 0 Å². The maximum Gasteiger partial charge on any atom is 0.193 e. The highest BCUT2D eigenvalue weighted by atomic mass is 15.4. The minimum absolute atomic E-state index is 0.926. The largest absolute Gasteiger partial charge is 0.369 e. The van der Waals surface area contributed by atoms with Crippen molar-refractivity contribution in [3.05, 3.63) is 74.6 Å². The summed E-state index contributed by atoms with van der Waals surface area (Å²) in [5, 5.41) is 9.33. The Bertz CT molecular complexity index is 461. The lowest BCUT2D eigenvalue weighted by Gasteiger charge is -2.26. The molecule has 0 amide bonds. The average molecular weight is 293 g/mol. The molecule has 1 heterocycles. The highest BCUT2D eigenvalue weighted by molar-refractivity contribution is 5.69. The van der Waals surface area contributed by atoms with Crippen molar-refractivity contribution in [2.45, 2.75) is 13.8 Å². The third kappa shape index (κ3) is 2.97. The molecule has 112 valence electrons. The lowest BCUT2D eigenvalue weighted by Crippen LogP contribution is -2.42. The molecule has 10 radical (unpaired) electrons. The van der Waals surface area contributed by atoms with Crippen molar-refractivity contribution in [2.24, 2.45) is 7.05 Å². The number of nitrogens with zero attached hydrogens (tertiary/aromatic N) is 4. The van der Waals surface area contributed by atoms with Gasteiger partial charge >= 0.3 is 0 Å². The number of anilines is 1. The SMILES string of the molecule is CCN(CC)c1c([C]2[CH][CH][CH][CH]2)n[n+](C)nc1[C]1[CH][CH][CH][CH]1. The zero-order chi connectivity index (χ0) is 15.5. The second-order valence-corrected chi connectivity index (χ2v) is 5.25. The number of aryl methyl sites for hydroxylation is 1. The van der Waals surface area contributed by atoms with Gasteiger partial charge in [-0.1, -0.05) is 0 Å². The molecular formula is C18H21N4+. The molecule has 3 rings (SSSR count). The molecule has 2 aliphatic rings. The van der Waals surface area contributed by atoms with E-state index in [0.717, 1.165) is 42.0 Å². The van der Waals surface area contributed by atoms with Crippen molar-refractivity contribution in [2.75, 3.05) is 18.0 Å². The van der Waals surface area contributed by atoms with Gasteiger partial charge in [-0.05, 0) is 65.2 Å². The van der Waals surface area contributed by atoms with Gasteiger partial charge in [-0.2, -0.15) is 0 Å². The molecule has 22 heavy (non-hydrogen) atoms. The Kier molecular flexibility index (Phi) is 4.94. The lowest BCUT2D eigenvalue weighted by molar-refractivity contribution is -0.787. The van der Waals surface area contributed by atoms with Crippen molar-refractivity contribution in [3.8, 4) is 0 Å². The summed E-state index contributed by atoms with van der Waals surface area (Å²) in [6.07, 6.45) is 16.6. The third-order valence-electron chi connectivity index (χ3n) is 3.89. The first kappa shape index (κ1) is 15.7. The van der Waals surface area contributed by atoms with E-state index >= 15 is 0 Å². The molecule has 0 aliphatic heterocycles. The minimum Gasteiger partial charge on any atom is -0.369 e. The van der Waals surface area contributed by atoms with Crippen molar-refractivity contribution in [1.29, 1.82) is 0 Å². The first-order valence-corrected chi connectivity index (χ1v) is 7.72. The number of hydrogen-bond acceptors (Lipinski definition) is 3. The highest BCUT2D eigenvalue weighted by Crippen LogP contribution is 2.40. The van der Waals surface area contributed by atoms with Crippen LogP contribution in [0.4, 0.5) is 5.69 Å². The third-order valence-corrected chi connectivity index (χ3v) is 3.89. The maximum atomic E-state index is 4.67. The van der Waals surface area contributed by atoms with E-state index in [9.17, 15) is 0 Å². The molecule has 0 spiro atoms. The standard InChI is InChI=1S/C18H21N4/c1-4-22(5-2)18-16(14-10-6-7-11-14)19-21(3)20-17(18)15-12-8-9-13-15/h6-13H,4-5H2,1-3H3/q+1. The zero-order valence-corrected chi connectivity index (χ0v) is 13.3. The van der Waals surface area contributed by atoms with E-state index in [1.807, 2.05) is 32.7 Å². The quantitative estimate of drug-likeness (QED) is 0.774. The molecule has 4 heteroatoms. The monoisotopic (exact) mass is 293 g/mol. The van der Waals surface area contributed by atoms with Crippen LogP contribution in [0.25, 0.3) is 0 Å². The van der Waals surface area contributed by atoms with E-state index in [1.165, 1.54) is 0 Å². The summed E-state index contributed by atoms with van der Waals surface area (Å²) < 4.78 is 0. The van der Waals surface area contributed by atoms with Gasteiger partial charge in [0.25, 0.3) is 0 Å². The molecule has 0 bridgehead atoms. The Morgan fingerprint density at radius 1 is 0.818 bits per heavy atom. The zero-order valence-electron chi connectivity index (χ0n) is 13.3. The van der Waals surface area contributed by atoms with E-state index in [2.05, 4.69) is 54.6 Å². The van der Waals surface area contributed by atoms with Crippen LogP contribution < -0.4 is 9.70 Å². The van der Waals surface area contributed by atoms with E-state index in [-0.39, 0.29) is 0 Å². The Labute approximate surface area is 134 Å². The van der Waals surface area contributed by atoms with Gasteiger partial charge in [0.1, 0.15) is 11.4 Å². The first-order valence-electron chi connectivity index (χ1n) is 7.72. The molecule has 1 aromatic heterocycles. The van der Waals surface area contributed by atoms with E-state index < -0.39 is 0 Å². The van der Waals surface area contributed by atoms with Crippen LogP contribution in [0.15, 0.2) is 0 Å². The molecule has 1 aromatic rings. The molecule has 2 saturated carbocycles. The van der Waals surface area contributed by atoms with E-state index in [1.54, 1.807) is 4.80 Å². The smallest absolute Gasteiger partial charge is 0.193 e. The van der Waals surface area contributed by atoms with Gasteiger partial charge in [0.15, 0.2) is 7.05 Å². The molecule has 2 fully saturated rings. The minimum atomic E-state index is 0.926. The fraction of sp³-hybridized carbons (Fsp3) is 0.278. The first-order chi connectivity index (χ1) is 10.7. The van der Waals surface area contributed by atoms with Crippen LogP contribution in [-0.2, 0) is 7.05 Å². The summed E-state index contributed by atoms with van der Waals surface area (Å²) >= 11 is 0. The van der Waals surface area contributed by atoms with E-state index in [4.69, 9.17) is 0 Å². The summed E-state index contributed by atoms with van der Waals surface area (Å²) in [5.74, 6) is 2.26. The van der Waals surface area contributed by atoms with Crippen LogP contribution in [0.5, 0.6) is 0 Å². The van der Waals surface area contributed by atoms with Crippen LogP contribution in [0.2, 0.25) is 0 Å². The topological polar surface area (TPSA) is 32.9 Å². The second-order valence-electron chi connectivity index (χ2n) is 5.25. The summed E-state index contributed by atoms with van der Waals surface area (Å²) in [5.41, 5.74) is 3.09. The van der Waals surface area contributed by atoms with Crippen LogP contribution in [-0.4, -0.2) is 23.3 Å². The number of aromatic nitrogens is 3. The Hall–Kier alpha value is -1.19. The van der Waals surface area contributed by atoms with Crippen LogP contribution in [0.3, 0.4) is 0 Å². The summed E-state index contributed by atoms with van der Waals surface area (Å²) in [6.45, 7) is 6.18. The molecular weight excluding hydrogens is 272 g/mol. The van der Waals surface area contributed by atoms with Gasteiger partial charge in [0.05, 0.1) is 5.69 Å². The molecule has 0 atom stereocenters. The second kappa shape index (κ2) is 6.93. The predicted molar refractivity (Wildman–Crippen MR) is 85.9 cm³/mol. The maximum absolute atomic E-state index is 4.67. The van der Waals surface area contributed by atoms with Gasteiger partial charge in [-0.15, -0.1) is 0 Å². The predicted octanol–water partition coefficient (Wildman–Crippen LogP) is 1.65. The Morgan fingerprint density at radius 2 is 1.23 bits per heavy atom. The average Bonchev–Trinajstić information content (AvgIpc) is 3.22. The summed E-state index contributed by atoms with van der Waals surface area (Å²) in [6, 6.07) is 0. The van der Waals surface area contributed by atoms with Gasteiger partial charge in [0, 0.05) is 39.9 Å². The van der Waals surface area contributed by atoms with Crippen LogP contribution in [0, 0.1) is 63.2 Å². The van der Waals surface area contributed by atoms with Crippen molar-refractivity contribution in [3.63, 3.8) is 0 Å². The Balaban J connectivity index is 2.09. The molecule has 0 aromatic carbocycles. The van der Waals surface area contributed by atoms with Crippen LogP contribution in [0.1, 0.15) is 25.2 Å². The summed E-state index contributed by atoms with van der Waals surface area (Å²) in [7, 11) is 1.88. The molecule has 0 unspecified atom stereocenters. The van der Waals surface area contributed by atoms with Crippen LogP contribution >= 0.6 is 0 Å². The summed E-state index contributed by atoms with van der Waals surface area (Å²) in [4.78, 5) is 3.99. The van der Waals surface area contributed by atoms with Crippen molar-refractivity contribution < 1.29 is 4.80 Å². The van der Waals surface area contributed by atoms with Gasteiger partial charge in [-0.3, -0.25) is 0 Å². The normalized spacial score (nSPS) is 20.0. The van der Waals surface area contributed by atoms with Crippen molar-refractivity contribution in [1.82, 2.24) is 10.2 Å². The van der Waals surface area contributed by atoms with Gasteiger partial charge < -0.3 is 4.90 Å². The lowest BCUT2D eigenvalue weighted by atomic mass is 9.95. The van der Waals surface area contributed by atoms with Gasteiger partial charge in [-0.25, -0.2) is 0 Å². The molecule has 2 aliphatic carbocycles. The van der Waals surface area contributed by atoms with E-state index in [0.29, 0.717) is 0 Å². The fourth-order valence-corrected chi connectivity index (χ4v) is 2.81. The molecule has 0 saturated heterocycles. The Morgan fingerprint density at radius 3 is 1.59 bits per heavy atom.